The van der Waals surface area contributed by atoms with Crippen LogP contribution in [-0.4, -0.2) is 70.9 Å². The first-order valence-corrected chi connectivity index (χ1v) is 18.2. The van der Waals surface area contributed by atoms with E-state index in [2.05, 4.69) is 32.0 Å². The topological polar surface area (TPSA) is 195 Å². The van der Waals surface area contributed by atoms with Crippen molar-refractivity contribution in [1.29, 1.82) is 5.26 Å². The minimum atomic E-state index is -0.911. The first kappa shape index (κ1) is 37.5. The molecule has 8 N–H and O–H groups in total. The van der Waals surface area contributed by atoms with E-state index in [1.165, 1.54) is 16.7 Å². The Balaban J connectivity index is 1.59. The Morgan fingerprint density at radius 3 is 2.53 bits per heavy atom. The van der Waals surface area contributed by atoms with Crippen molar-refractivity contribution < 1.29 is 14.4 Å². The third-order valence-corrected chi connectivity index (χ3v) is 10.7. The maximum absolute atomic E-state index is 14.4. The number of pyridine rings is 1. The molecular weight excluding hydrogens is 663 g/mol. The van der Waals surface area contributed by atoms with E-state index in [9.17, 15) is 19.6 Å². The molecule has 13 heteroatoms. The molecule has 3 atom stereocenters. The van der Waals surface area contributed by atoms with Gasteiger partial charge in [0.2, 0.25) is 17.7 Å². The molecule has 0 saturated carbocycles. The maximum atomic E-state index is 14.4. The highest BCUT2D eigenvalue weighted by Gasteiger charge is 2.34. The lowest BCUT2D eigenvalue weighted by Gasteiger charge is -2.32. The van der Waals surface area contributed by atoms with E-state index in [0.717, 1.165) is 43.1 Å². The average Bonchev–Trinajstić information content (AvgIpc) is 3.55. The van der Waals surface area contributed by atoms with Crippen LogP contribution < -0.4 is 27.4 Å². The van der Waals surface area contributed by atoms with Crippen molar-refractivity contribution >= 4 is 40.4 Å². The number of aryl methyl sites for hydroxylation is 1. The number of nitrogens with two attached hydrogens (primary N) is 2. The first-order valence-electron chi connectivity index (χ1n) is 17.4. The van der Waals surface area contributed by atoms with Gasteiger partial charge in [-0.1, -0.05) is 36.0 Å². The smallest absolute Gasteiger partial charge is 0.245 e. The van der Waals surface area contributed by atoms with Crippen molar-refractivity contribution in [2.75, 3.05) is 20.1 Å². The summed E-state index contributed by atoms with van der Waals surface area (Å²) in [7, 11) is 1.62. The fraction of sp³-hybridized carbons (Fsp3) is 0.395. The number of para-hydroxylation sites is 1. The second-order valence-electron chi connectivity index (χ2n) is 12.9. The Bertz CT molecular complexity index is 1890. The van der Waals surface area contributed by atoms with E-state index in [0.29, 0.717) is 57.3 Å². The molecule has 12 nitrogen and oxygen atoms in total. The number of aromatic amines is 1. The molecule has 268 valence electrons. The predicted octanol–water partition coefficient (Wildman–Crippen LogP) is 3.40. The van der Waals surface area contributed by atoms with E-state index in [1.54, 1.807) is 19.3 Å². The minimum Gasteiger partial charge on any atom is -0.361 e. The van der Waals surface area contributed by atoms with E-state index in [4.69, 9.17) is 11.5 Å². The summed E-state index contributed by atoms with van der Waals surface area (Å²) >= 11 is 1.45. The largest absolute Gasteiger partial charge is 0.361 e. The molecule has 2 aromatic heterocycles. The van der Waals surface area contributed by atoms with Crippen LogP contribution in [-0.2, 0) is 33.9 Å². The number of nitrogens with zero attached hydrogens (tertiary/aromatic N) is 3. The molecule has 1 aliphatic heterocycles. The highest BCUT2D eigenvalue weighted by Crippen LogP contribution is 2.35. The number of carbonyl (C=O) groups excluding carboxylic acids is 3. The summed E-state index contributed by atoms with van der Waals surface area (Å²) in [6.07, 6.45) is 6.56. The molecule has 0 aliphatic carbocycles. The van der Waals surface area contributed by atoms with Crippen LogP contribution >= 0.6 is 11.8 Å². The van der Waals surface area contributed by atoms with Gasteiger partial charge in [-0.3, -0.25) is 14.4 Å². The fourth-order valence-corrected chi connectivity index (χ4v) is 7.51. The SMILES string of the molecule is Cc1cc(C#N)cc2c1Sc1ncccc1CNC(CCCN)C(=O)NC(CCCCN)C(=O)N(C)C(Cc1c[nH]c3ccccc13)C(=O)NC2. The van der Waals surface area contributed by atoms with Crippen LogP contribution in [0.3, 0.4) is 0 Å². The van der Waals surface area contributed by atoms with Crippen LogP contribution in [0.1, 0.15) is 59.9 Å². The van der Waals surface area contributed by atoms with Crippen LogP contribution in [0.4, 0.5) is 0 Å². The van der Waals surface area contributed by atoms with Crippen LogP contribution in [0.5, 0.6) is 0 Å². The normalized spacial score (nSPS) is 19.1. The summed E-state index contributed by atoms with van der Waals surface area (Å²) in [4.78, 5) is 52.9. The van der Waals surface area contributed by atoms with Crippen molar-refractivity contribution in [2.45, 2.75) is 86.6 Å². The summed E-state index contributed by atoms with van der Waals surface area (Å²) in [6, 6.07) is 15.0. The number of hydrogen-bond acceptors (Lipinski definition) is 9. The highest BCUT2D eigenvalue weighted by atomic mass is 32.2. The zero-order chi connectivity index (χ0) is 36.3. The molecule has 3 amide bonds. The fourth-order valence-electron chi connectivity index (χ4n) is 6.45. The van der Waals surface area contributed by atoms with Gasteiger partial charge in [-0.2, -0.15) is 5.26 Å². The number of hydrogen-bond donors (Lipinski definition) is 6. The van der Waals surface area contributed by atoms with E-state index >= 15 is 0 Å². The molecule has 0 fully saturated rings. The molecule has 1 aliphatic rings. The molecule has 0 spiro atoms. The monoisotopic (exact) mass is 709 g/mol. The molecule has 3 unspecified atom stereocenters. The maximum Gasteiger partial charge on any atom is 0.245 e. The third kappa shape index (κ3) is 9.33. The quantitative estimate of drug-likeness (QED) is 0.141. The highest BCUT2D eigenvalue weighted by molar-refractivity contribution is 7.99. The van der Waals surface area contributed by atoms with Crippen LogP contribution in [0, 0.1) is 18.3 Å². The summed E-state index contributed by atoms with van der Waals surface area (Å²) < 4.78 is 0. The summed E-state index contributed by atoms with van der Waals surface area (Å²) in [5.41, 5.74) is 16.5. The zero-order valence-corrected chi connectivity index (χ0v) is 30.0. The van der Waals surface area contributed by atoms with Crippen LogP contribution in [0.15, 0.2) is 70.8 Å². The number of amides is 3. The number of H-pyrrole nitrogens is 1. The number of nitriles is 1. The second kappa shape index (κ2) is 18.0. The Kier molecular flexibility index (Phi) is 13.2. The third-order valence-electron chi connectivity index (χ3n) is 9.30. The number of nitrogens with one attached hydrogen (secondary N) is 4. The number of benzene rings is 2. The van der Waals surface area contributed by atoms with Gasteiger partial charge in [0.25, 0.3) is 0 Å². The van der Waals surface area contributed by atoms with E-state index in [-0.39, 0.29) is 30.7 Å². The molecular formula is C38H47N9O3S. The van der Waals surface area contributed by atoms with Gasteiger partial charge in [-0.15, -0.1) is 0 Å². The standard InChI is InChI=1S/C38H47N9O3S/c1-24-17-25(20-41)18-28-23-45-36(49)33(19-27-22-43-30-11-4-3-10-29(27)30)47(2)38(50)32(12-5-6-14-39)46-35(48)31(13-7-15-40)44-21-26-9-8-16-42-37(26)51-34(24)28/h3-4,8-11,16-18,22,31-33,43-44H,5-7,12-15,19,21,23,39-40H2,1-2H3,(H,45,49)(H,46,48). The number of unbranched alkanes of at least 4 members (excludes halogenated alkanes) is 1. The Morgan fingerprint density at radius 2 is 1.75 bits per heavy atom. The second-order valence-corrected chi connectivity index (χ2v) is 13.9. The van der Waals surface area contributed by atoms with Crippen LogP contribution in [0.25, 0.3) is 10.9 Å². The lowest BCUT2D eigenvalue weighted by Crippen LogP contribution is -2.57. The number of carbonyl (C=O) groups is 3. The number of likely N-dealkylation sites (N-methyl/N-ethyl adjacent to an activating group) is 1. The number of rotatable bonds is 9. The molecule has 0 bridgehead atoms. The van der Waals surface area contributed by atoms with Gasteiger partial charge < -0.3 is 37.3 Å². The summed E-state index contributed by atoms with van der Waals surface area (Å²) in [6.45, 7) is 3.27. The molecule has 3 heterocycles. The molecule has 4 aromatic rings. The zero-order valence-electron chi connectivity index (χ0n) is 29.2. The van der Waals surface area contributed by atoms with Gasteiger partial charge in [-0.05, 0) is 98.6 Å². The van der Waals surface area contributed by atoms with Crippen LogP contribution in [0.2, 0.25) is 0 Å². The van der Waals surface area contributed by atoms with Gasteiger partial charge in [0, 0.05) is 54.8 Å². The van der Waals surface area contributed by atoms with E-state index < -0.39 is 18.1 Å². The average molecular weight is 710 g/mol. The van der Waals surface area contributed by atoms with E-state index in [1.807, 2.05) is 55.6 Å². The predicted molar refractivity (Wildman–Crippen MR) is 198 cm³/mol. The lowest BCUT2D eigenvalue weighted by molar-refractivity contribution is -0.142. The number of fused-ring (bicyclic) bond motifs is 3. The molecule has 0 radical (unpaired) electrons. The van der Waals surface area contributed by atoms with Crippen molar-refractivity contribution in [1.82, 2.24) is 30.8 Å². The summed E-state index contributed by atoms with van der Waals surface area (Å²) in [5.74, 6) is -1.03. The van der Waals surface area contributed by atoms with Gasteiger partial charge in [0.1, 0.15) is 17.1 Å². The van der Waals surface area contributed by atoms with Crippen molar-refractivity contribution in [3.05, 3.63) is 88.7 Å². The molecule has 0 saturated heterocycles. The Hall–Kier alpha value is -4.74. The van der Waals surface area contributed by atoms with Gasteiger partial charge >= 0.3 is 0 Å². The number of aromatic nitrogens is 2. The lowest BCUT2D eigenvalue weighted by atomic mass is 10.0. The summed E-state index contributed by atoms with van der Waals surface area (Å²) in [5, 5.41) is 21.0. The first-order chi connectivity index (χ1) is 24.7. The van der Waals surface area contributed by atoms with Gasteiger partial charge in [-0.25, -0.2) is 4.98 Å². The van der Waals surface area contributed by atoms with Crippen molar-refractivity contribution in [3.63, 3.8) is 0 Å². The molecule has 2 aromatic carbocycles. The van der Waals surface area contributed by atoms with Gasteiger partial charge in [0.05, 0.1) is 17.7 Å². The van der Waals surface area contributed by atoms with Gasteiger partial charge in [0.15, 0.2) is 0 Å². The minimum absolute atomic E-state index is 0.127. The molecule has 5 rings (SSSR count). The van der Waals surface area contributed by atoms with Crippen molar-refractivity contribution in [3.8, 4) is 6.07 Å². The van der Waals surface area contributed by atoms with Crippen molar-refractivity contribution in [2.24, 2.45) is 11.5 Å². The Morgan fingerprint density at radius 1 is 0.961 bits per heavy atom. The Labute approximate surface area is 303 Å². The molecule has 51 heavy (non-hydrogen) atoms.